The molecule has 4 heteroatoms. The maximum Gasteiger partial charge on any atom is 0.127 e. The van der Waals surface area contributed by atoms with Crippen molar-refractivity contribution in [2.45, 2.75) is 25.5 Å². The van der Waals surface area contributed by atoms with E-state index in [1.165, 1.54) is 5.56 Å². The summed E-state index contributed by atoms with van der Waals surface area (Å²) in [7, 11) is 0. The molecule has 0 saturated heterocycles. The lowest BCUT2D eigenvalue weighted by atomic mass is 9.92. The Bertz CT molecular complexity index is 659. The fourth-order valence-corrected chi connectivity index (χ4v) is 3.37. The van der Waals surface area contributed by atoms with Crippen LogP contribution in [0.5, 0.6) is 5.75 Å². The Hall–Kier alpha value is -1.03. The van der Waals surface area contributed by atoms with Crippen molar-refractivity contribution >= 4 is 27.5 Å². The number of ether oxygens (including phenoxy) is 1. The highest BCUT2D eigenvalue weighted by molar-refractivity contribution is 9.10. The summed E-state index contributed by atoms with van der Waals surface area (Å²) in [6, 6.07) is 11.9. The van der Waals surface area contributed by atoms with Gasteiger partial charge in [-0.3, -0.25) is 0 Å². The molecule has 1 aliphatic heterocycles. The third-order valence-electron chi connectivity index (χ3n) is 3.61. The van der Waals surface area contributed by atoms with Crippen molar-refractivity contribution in [3.8, 4) is 5.75 Å². The minimum absolute atomic E-state index is 0.0247. The van der Waals surface area contributed by atoms with Crippen molar-refractivity contribution in [2.24, 2.45) is 5.73 Å². The molecule has 3 rings (SSSR count). The normalized spacial score (nSPS) is 21.2. The molecule has 0 amide bonds. The van der Waals surface area contributed by atoms with Gasteiger partial charge in [0.15, 0.2) is 0 Å². The first kappa shape index (κ1) is 13.9. The molecule has 1 unspecified atom stereocenters. The first-order chi connectivity index (χ1) is 9.54. The average molecular weight is 353 g/mol. The third kappa shape index (κ3) is 2.58. The Labute approximate surface area is 132 Å². The van der Waals surface area contributed by atoms with Crippen molar-refractivity contribution in [3.63, 3.8) is 0 Å². The lowest BCUT2D eigenvalue weighted by Gasteiger charge is -2.31. The molecule has 0 saturated carbocycles. The Morgan fingerprint density at radius 2 is 2.00 bits per heavy atom. The van der Waals surface area contributed by atoms with Gasteiger partial charge in [0.05, 0.1) is 0 Å². The summed E-state index contributed by atoms with van der Waals surface area (Å²) in [6.07, 6.45) is 0.637. The molecule has 20 heavy (non-hydrogen) atoms. The van der Waals surface area contributed by atoms with Gasteiger partial charge in [0, 0.05) is 33.1 Å². The Balaban J connectivity index is 1.97. The zero-order chi connectivity index (χ0) is 14.3. The number of rotatable bonds is 1. The first-order valence-corrected chi connectivity index (χ1v) is 7.69. The minimum atomic E-state index is -0.0965. The lowest BCUT2D eigenvalue weighted by Crippen LogP contribution is -2.24. The van der Waals surface area contributed by atoms with Gasteiger partial charge in [-0.2, -0.15) is 0 Å². The second-order valence-electron chi connectivity index (χ2n) is 5.16. The highest BCUT2D eigenvalue weighted by Gasteiger charge is 2.28. The van der Waals surface area contributed by atoms with Crippen LogP contribution < -0.4 is 10.5 Å². The van der Waals surface area contributed by atoms with Crippen LogP contribution in [0.1, 0.15) is 35.3 Å². The van der Waals surface area contributed by atoms with Gasteiger partial charge < -0.3 is 10.5 Å². The molecule has 2 N–H and O–H groups in total. The monoisotopic (exact) mass is 351 g/mol. The van der Waals surface area contributed by atoms with E-state index in [-0.39, 0.29) is 12.1 Å². The Morgan fingerprint density at radius 1 is 1.20 bits per heavy atom. The molecule has 1 aliphatic rings. The molecule has 0 aliphatic carbocycles. The van der Waals surface area contributed by atoms with Crippen molar-refractivity contribution in [1.29, 1.82) is 0 Å². The van der Waals surface area contributed by atoms with Crippen molar-refractivity contribution < 1.29 is 4.74 Å². The molecule has 0 radical (unpaired) electrons. The average Bonchev–Trinajstić information content (AvgIpc) is 2.39. The van der Waals surface area contributed by atoms with Crippen LogP contribution in [-0.4, -0.2) is 0 Å². The van der Waals surface area contributed by atoms with Crippen LogP contribution in [0.3, 0.4) is 0 Å². The molecule has 104 valence electrons. The van der Waals surface area contributed by atoms with Gasteiger partial charge in [0.1, 0.15) is 11.9 Å². The lowest BCUT2D eigenvalue weighted by molar-refractivity contribution is 0.161. The summed E-state index contributed by atoms with van der Waals surface area (Å²) in [6.45, 7) is 2.06. The summed E-state index contributed by atoms with van der Waals surface area (Å²) in [5.41, 5.74) is 9.55. The molecule has 0 aromatic heterocycles. The number of fused-ring (bicyclic) bond motifs is 1. The maximum atomic E-state index is 6.31. The topological polar surface area (TPSA) is 35.2 Å². The van der Waals surface area contributed by atoms with E-state index >= 15 is 0 Å². The number of hydrogen-bond donors (Lipinski definition) is 1. The predicted octanol–water partition coefficient (Wildman–Crippen LogP) is 4.93. The van der Waals surface area contributed by atoms with Gasteiger partial charge in [-0.25, -0.2) is 0 Å². The van der Waals surface area contributed by atoms with Crippen molar-refractivity contribution in [3.05, 3.63) is 62.6 Å². The summed E-state index contributed by atoms with van der Waals surface area (Å²) >= 11 is 9.73. The predicted molar refractivity (Wildman–Crippen MR) is 85.2 cm³/mol. The molecular weight excluding hydrogens is 338 g/mol. The molecule has 0 spiro atoms. The van der Waals surface area contributed by atoms with Gasteiger partial charge in [-0.1, -0.05) is 51.3 Å². The van der Waals surface area contributed by atoms with Crippen LogP contribution in [0.15, 0.2) is 40.9 Å². The summed E-state index contributed by atoms with van der Waals surface area (Å²) in [5.74, 6) is 0.860. The number of benzene rings is 2. The third-order valence-corrected chi connectivity index (χ3v) is 4.43. The van der Waals surface area contributed by atoms with E-state index in [9.17, 15) is 0 Å². The largest absolute Gasteiger partial charge is 0.485 e. The van der Waals surface area contributed by atoms with Gasteiger partial charge in [0.25, 0.3) is 0 Å². The standard InChI is InChI=1S/C16H15BrClNO/c1-9-2-5-15-12(6-9)14(19)8-16(20-15)11-4-3-10(17)7-13(11)18/h2-7,14,16H,8,19H2,1H3/t14-,16?/m0/s1. The SMILES string of the molecule is Cc1ccc2c(c1)[C@@H](N)CC(c1ccc(Br)cc1Cl)O2. The van der Waals surface area contributed by atoms with E-state index < -0.39 is 0 Å². The zero-order valence-electron chi connectivity index (χ0n) is 11.1. The summed E-state index contributed by atoms with van der Waals surface area (Å²) in [5, 5.41) is 0.701. The molecule has 2 nitrogen and oxygen atoms in total. The molecule has 2 aromatic rings. The smallest absolute Gasteiger partial charge is 0.127 e. The van der Waals surface area contributed by atoms with Gasteiger partial charge in [-0.15, -0.1) is 0 Å². The van der Waals surface area contributed by atoms with Crippen LogP contribution in [-0.2, 0) is 0 Å². The Kier molecular flexibility index (Phi) is 3.76. The summed E-state index contributed by atoms with van der Waals surface area (Å²) in [4.78, 5) is 0. The van der Waals surface area contributed by atoms with E-state index in [2.05, 4.69) is 28.9 Å². The van der Waals surface area contributed by atoms with E-state index in [0.717, 1.165) is 27.8 Å². The number of aryl methyl sites for hydroxylation is 1. The second kappa shape index (κ2) is 5.40. The second-order valence-corrected chi connectivity index (χ2v) is 6.48. The molecule has 2 aromatic carbocycles. The quantitative estimate of drug-likeness (QED) is 0.789. The fourth-order valence-electron chi connectivity index (χ4n) is 2.58. The molecule has 0 fully saturated rings. The van der Waals surface area contributed by atoms with Gasteiger partial charge in [0.2, 0.25) is 0 Å². The van der Waals surface area contributed by atoms with E-state index in [1.54, 1.807) is 0 Å². The van der Waals surface area contributed by atoms with Crippen molar-refractivity contribution in [1.82, 2.24) is 0 Å². The van der Waals surface area contributed by atoms with Gasteiger partial charge in [-0.05, 0) is 25.1 Å². The van der Waals surface area contributed by atoms with E-state index in [1.807, 2.05) is 30.3 Å². The number of halogens is 2. The molecule has 1 heterocycles. The van der Waals surface area contributed by atoms with Crippen LogP contribution in [0.2, 0.25) is 5.02 Å². The maximum absolute atomic E-state index is 6.31. The van der Waals surface area contributed by atoms with Crippen LogP contribution >= 0.6 is 27.5 Å². The van der Waals surface area contributed by atoms with Crippen LogP contribution in [0.25, 0.3) is 0 Å². The molecule has 2 atom stereocenters. The van der Waals surface area contributed by atoms with Gasteiger partial charge >= 0.3 is 0 Å². The molecule has 0 bridgehead atoms. The van der Waals surface area contributed by atoms with Crippen LogP contribution in [0, 0.1) is 6.92 Å². The minimum Gasteiger partial charge on any atom is -0.485 e. The highest BCUT2D eigenvalue weighted by Crippen LogP contribution is 2.42. The Morgan fingerprint density at radius 3 is 2.75 bits per heavy atom. The molecular formula is C16H15BrClNO. The first-order valence-electron chi connectivity index (χ1n) is 6.52. The van der Waals surface area contributed by atoms with Crippen molar-refractivity contribution in [2.75, 3.05) is 0 Å². The zero-order valence-corrected chi connectivity index (χ0v) is 13.4. The number of nitrogens with two attached hydrogens (primary N) is 1. The van der Waals surface area contributed by atoms with E-state index in [0.29, 0.717) is 5.02 Å². The fraction of sp³-hybridized carbons (Fsp3) is 0.250. The number of hydrogen-bond acceptors (Lipinski definition) is 2. The van der Waals surface area contributed by atoms with E-state index in [4.69, 9.17) is 22.1 Å². The summed E-state index contributed by atoms with van der Waals surface area (Å²) < 4.78 is 7.04. The highest BCUT2D eigenvalue weighted by atomic mass is 79.9. The van der Waals surface area contributed by atoms with Crippen LogP contribution in [0.4, 0.5) is 0 Å².